The number of amides is 1. The molecule has 9 heteroatoms. The molecule has 0 aromatic carbocycles. The fraction of sp³-hybridized carbons (Fsp3) is 0.889. The number of rotatable bonds is 4. The van der Waals surface area contributed by atoms with Crippen LogP contribution in [-0.4, -0.2) is 63.3 Å². The predicted molar refractivity (Wildman–Crippen MR) is 65.2 cm³/mol. The van der Waals surface area contributed by atoms with Crippen molar-refractivity contribution in [3.8, 4) is 0 Å². The second-order valence-corrected chi connectivity index (χ2v) is 9.26. The Hall–Kier alpha value is -0.670. The fourth-order valence-electron chi connectivity index (χ4n) is 2.32. The molecule has 1 N–H and O–H groups in total. The van der Waals surface area contributed by atoms with Crippen LogP contribution in [0.2, 0.25) is 0 Å². The SMILES string of the molecule is O=CN(N[C@@H]1CCS(=O)(=O)C1)[C@@H]1CCS(=O)(=O)C1. The monoisotopic (exact) mass is 296 g/mol. The third-order valence-corrected chi connectivity index (χ3v) is 6.80. The number of hydrogen-bond donors (Lipinski definition) is 1. The first-order valence-electron chi connectivity index (χ1n) is 5.72. The van der Waals surface area contributed by atoms with E-state index in [4.69, 9.17) is 0 Å². The fourth-order valence-corrected chi connectivity index (χ4v) is 5.70. The molecule has 0 aromatic rings. The van der Waals surface area contributed by atoms with Crippen molar-refractivity contribution < 1.29 is 21.6 Å². The van der Waals surface area contributed by atoms with E-state index >= 15 is 0 Å². The Morgan fingerprint density at radius 2 is 1.61 bits per heavy atom. The molecule has 0 aliphatic carbocycles. The van der Waals surface area contributed by atoms with Gasteiger partial charge in [0.25, 0.3) is 0 Å². The summed E-state index contributed by atoms with van der Waals surface area (Å²) in [5, 5.41) is 1.22. The van der Waals surface area contributed by atoms with Crippen LogP contribution in [0.5, 0.6) is 0 Å². The van der Waals surface area contributed by atoms with E-state index in [0.29, 0.717) is 19.3 Å². The summed E-state index contributed by atoms with van der Waals surface area (Å²) < 4.78 is 45.3. The van der Waals surface area contributed by atoms with Crippen molar-refractivity contribution in [2.45, 2.75) is 24.9 Å². The molecular formula is C9H16N2O5S2. The minimum atomic E-state index is -3.07. The second kappa shape index (κ2) is 4.78. The van der Waals surface area contributed by atoms with E-state index in [2.05, 4.69) is 5.43 Å². The van der Waals surface area contributed by atoms with Gasteiger partial charge in [-0.15, -0.1) is 0 Å². The zero-order valence-corrected chi connectivity index (χ0v) is 11.4. The molecule has 2 atom stereocenters. The third-order valence-electron chi connectivity index (χ3n) is 3.28. The van der Waals surface area contributed by atoms with Gasteiger partial charge in [0.15, 0.2) is 19.7 Å². The van der Waals surface area contributed by atoms with Gasteiger partial charge < -0.3 is 0 Å². The van der Waals surface area contributed by atoms with E-state index in [0.717, 1.165) is 0 Å². The molecule has 0 saturated carbocycles. The van der Waals surface area contributed by atoms with Gasteiger partial charge in [-0.05, 0) is 12.8 Å². The molecule has 0 aromatic heterocycles. The molecule has 2 saturated heterocycles. The number of hydrogen-bond acceptors (Lipinski definition) is 6. The minimum absolute atomic E-state index is 0.00316. The lowest BCUT2D eigenvalue weighted by atomic mass is 10.2. The molecule has 2 fully saturated rings. The molecule has 104 valence electrons. The standard InChI is InChI=1S/C9H16N2O5S2/c12-7-11(9-2-4-18(15,16)6-9)10-8-1-3-17(13,14)5-8/h7-10H,1-6H2/t8-,9-/m1/s1. The van der Waals surface area contributed by atoms with Crippen molar-refractivity contribution in [2.24, 2.45) is 0 Å². The van der Waals surface area contributed by atoms with Crippen molar-refractivity contribution in [1.82, 2.24) is 10.4 Å². The number of sulfone groups is 2. The van der Waals surface area contributed by atoms with Gasteiger partial charge >= 0.3 is 0 Å². The lowest BCUT2D eigenvalue weighted by molar-refractivity contribution is -0.123. The van der Waals surface area contributed by atoms with Gasteiger partial charge in [0, 0.05) is 6.04 Å². The number of carbonyl (C=O) groups is 1. The number of carbonyl (C=O) groups excluding carboxylic acids is 1. The number of nitrogens with zero attached hydrogens (tertiary/aromatic N) is 1. The van der Waals surface area contributed by atoms with Crippen LogP contribution in [0.3, 0.4) is 0 Å². The summed E-state index contributed by atoms with van der Waals surface area (Å²) in [6, 6.07) is -0.695. The largest absolute Gasteiger partial charge is 0.277 e. The molecule has 2 heterocycles. The second-order valence-electron chi connectivity index (χ2n) is 4.80. The van der Waals surface area contributed by atoms with Gasteiger partial charge in [-0.2, -0.15) is 0 Å². The Kier molecular flexibility index (Phi) is 3.65. The molecule has 1 amide bonds. The normalized spacial score (nSPS) is 33.3. The van der Waals surface area contributed by atoms with Crippen molar-refractivity contribution in [3.05, 3.63) is 0 Å². The lowest BCUT2D eigenvalue weighted by Gasteiger charge is -2.27. The smallest absolute Gasteiger partial charge is 0.224 e. The maximum atomic E-state index is 11.3. The molecule has 0 spiro atoms. The van der Waals surface area contributed by atoms with Crippen LogP contribution >= 0.6 is 0 Å². The summed E-state index contributed by atoms with van der Waals surface area (Å²) in [5.74, 6) is 0.127. The van der Waals surface area contributed by atoms with E-state index in [9.17, 15) is 21.6 Å². The van der Waals surface area contributed by atoms with Gasteiger partial charge in [0.1, 0.15) is 0 Å². The van der Waals surface area contributed by atoms with Crippen LogP contribution in [0.25, 0.3) is 0 Å². The first-order chi connectivity index (χ1) is 8.31. The van der Waals surface area contributed by atoms with Crippen molar-refractivity contribution in [1.29, 1.82) is 0 Å². The maximum Gasteiger partial charge on any atom is 0.224 e. The summed E-state index contributed by atoms with van der Waals surface area (Å²) in [6.07, 6.45) is 1.39. The summed E-state index contributed by atoms with van der Waals surface area (Å²) in [7, 11) is -6.08. The first-order valence-corrected chi connectivity index (χ1v) is 9.36. The van der Waals surface area contributed by atoms with Crippen LogP contribution in [0.1, 0.15) is 12.8 Å². The summed E-state index contributed by atoms with van der Waals surface area (Å²) in [4.78, 5) is 11.0. The molecule has 18 heavy (non-hydrogen) atoms. The predicted octanol–water partition coefficient (Wildman–Crippen LogP) is -1.68. The van der Waals surface area contributed by atoms with Crippen LogP contribution < -0.4 is 5.43 Å². The number of nitrogens with one attached hydrogen (secondary N) is 1. The molecule has 0 radical (unpaired) electrons. The lowest BCUT2D eigenvalue weighted by Crippen LogP contribution is -2.50. The van der Waals surface area contributed by atoms with Gasteiger partial charge in [-0.3, -0.25) is 9.80 Å². The maximum absolute atomic E-state index is 11.3. The number of hydrazine groups is 1. The Bertz CT molecular complexity index is 527. The van der Waals surface area contributed by atoms with Gasteiger partial charge in [-0.1, -0.05) is 0 Å². The summed E-state index contributed by atoms with van der Waals surface area (Å²) in [5.41, 5.74) is 2.82. The molecule has 2 aliphatic heterocycles. The Morgan fingerprint density at radius 1 is 1.00 bits per heavy atom. The highest BCUT2D eigenvalue weighted by molar-refractivity contribution is 7.91. The van der Waals surface area contributed by atoms with E-state index in [-0.39, 0.29) is 29.1 Å². The van der Waals surface area contributed by atoms with E-state index in [1.54, 1.807) is 0 Å². The Morgan fingerprint density at radius 3 is 2.06 bits per heavy atom. The highest BCUT2D eigenvalue weighted by Gasteiger charge is 2.35. The molecule has 0 bridgehead atoms. The molecule has 0 unspecified atom stereocenters. The summed E-state index contributed by atoms with van der Waals surface area (Å²) in [6.45, 7) is 0. The highest BCUT2D eigenvalue weighted by atomic mass is 32.2. The molecule has 2 aliphatic rings. The van der Waals surface area contributed by atoms with E-state index in [1.807, 2.05) is 0 Å². The highest BCUT2D eigenvalue weighted by Crippen LogP contribution is 2.17. The topological polar surface area (TPSA) is 101 Å². The quantitative estimate of drug-likeness (QED) is 0.491. The van der Waals surface area contributed by atoms with Crippen LogP contribution in [0.4, 0.5) is 0 Å². The first kappa shape index (κ1) is 13.8. The van der Waals surface area contributed by atoms with Crippen molar-refractivity contribution >= 4 is 26.1 Å². The zero-order valence-electron chi connectivity index (χ0n) is 9.78. The minimum Gasteiger partial charge on any atom is -0.277 e. The van der Waals surface area contributed by atoms with Crippen LogP contribution in [0.15, 0.2) is 0 Å². The molecule has 7 nitrogen and oxygen atoms in total. The molecule has 2 rings (SSSR count). The van der Waals surface area contributed by atoms with Crippen molar-refractivity contribution in [3.63, 3.8) is 0 Å². The van der Waals surface area contributed by atoms with E-state index in [1.165, 1.54) is 5.01 Å². The average Bonchev–Trinajstić information content (AvgIpc) is 2.78. The molecular weight excluding hydrogens is 280 g/mol. The Balaban J connectivity index is 1.97. The van der Waals surface area contributed by atoms with Crippen LogP contribution in [0, 0.1) is 0 Å². The Labute approximate surface area is 106 Å². The van der Waals surface area contributed by atoms with Crippen LogP contribution in [-0.2, 0) is 24.5 Å². The third kappa shape index (κ3) is 3.21. The van der Waals surface area contributed by atoms with Gasteiger partial charge in [0.2, 0.25) is 6.41 Å². The van der Waals surface area contributed by atoms with Gasteiger partial charge in [0.05, 0.1) is 29.1 Å². The van der Waals surface area contributed by atoms with Gasteiger partial charge in [-0.25, -0.2) is 22.3 Å². The average molecular weight is 296 g/mol. The zero-order chi connectivity index (χ0) is 13.4. The van der Waals surface area contributed by atoms with E-state index < -0.39 is 25.7 Å². The summed E-state index contributed by atoms with van der Waals surface area (Å²) >= 11 is 0. The van der Waals surface area contributed by atoms with Crippen molar-refractivity contribution in [2.75, 3.05) is 23.0 Å².